The van der Waals surface area contributed by atoms with Gasteiger partial charge in [0.1, 0.15) is 5.69 Å². The highest BCUT2D eigenvalue weighted by Crippen LogP contribution is 2.25. The SMILES string of the molecule is NCc1cnc(C(F)F)c(N)c1F. The van der Waals surface area contributed by atoms with Crippen LogP contribution in [0.2, 0.25) is 0 Å². The summed E-state index contributed by atoms with van der Waals surface area (Å²) in [6, 6.07) is 0. The van der Waals surface area contributed by atoms with Crippen LogP contribution in [-0.2, 0) is 6.54 Å². The number of anilines is 1. The molecule has 1 rings (SSSR count). The third-order valence-corrected chi connectivity index (χ3v) is 1.58. The predicted molar refractivity (Wildman–Crippen MR) is 41.5 cm³/mol. The Kier molecular flexibility index (Phi) is 2.72. The van der Waals surface area contributed by atoms with Crippen molar-refractivity contribution in [3.05, 3.63) is 23.3 Å². The fraction of sp³-hybridized carbons (Fsp3) is 0.286. The Labute approximate surface area is 72.6 Å². The normalized spacial score (nSPS) is 10.8. The summed E-state index contributed by atoms with van der Waals surface area (Å²) < 4.78 is 37.3. The molecule has 0 fully saturated rings. The van der Waals surface area contributed by atoms with E-state index in [0.717, 1.165) is 6.20 Å². The average molecular weight is 191 g/mol. The van der Waals surface area contributed by atoms with E-state index in [1.165, 1.54) is 0 Å². The smallest absolute Gasteiger partial charge is 0.282 e. The first-order valence-corrected chi connectivity index (χ1v) is 3.49. The lowest BCUT2D eigenvalue weighted by Gasteiger charge is -2.06. The van der Waals surface area contributed by atoms with E-state index in [9.17, 15) is 13.2 Å². The minimum absolute atomic E-state index is 0.0295. The number of alkyl halides is 2. The molecule has 0 bridgehead atoms. The van der Waals surface area contributed by atoms with E-state index in [1.54, 1.807) is 0 Å². The van der Waals surface area contributed by atoms with Gasteiger partial charge in [0.25, 0.3) is 6.43 Å². The van der Waals surface area contributed by atoms with E-state index in [-0.39, 0.29) is 12.1 Å². The van der Waals surface area contributed by atoms with E-state index in [1.807, 2.05) is 0 Å². The molecule has 0 spiro atoms. The number of halogens is 3. The van der Waals surface area contributed by atoms with Crippen LogP contribution < -0.4 is 11.5 Å². The lowest BCUT2D eigenvalue weighted by Crippen LogP contribution is -2.08. The van der Waals surface area contributed by atoms with Crippen molar-refractivity contribution in [1.29, 1.82) is 0 Å². The Hall–Kier alpha value is -1.30. The second-order valence-electron chi connectivity index (χ2n) is 2.40. The van der Waals surface area contributed by atoms with Crippen molar-refractivity contribution in [2.45, 2.75) is 13.0 Å². The predicted octanol–water partition coefficient (Wildman–Crippen LogP) is 1.20. The molecule has 0 atom stereocenters. The molecule has 13 heavy (non-hydrogen) atoms. The number of nitrogens with two attached hydrogens (primary N) is 2. The van der Waals surface area contributed by atoms with Gasteiger partial charge in [0.05, 0.1) is 5.69 Å². The number of pyridine rings is 1. The van der Waals surface area contributed by atoms with Crippen LogP contribution in [0, 0.1) is 5.82 Å². The number of nitrogen functional groups attached to an aromatic ring is 1. The van der Waals surface area contributed by atoms with Crippen LogP contribution in [0.3, 0.4) is 0 Å². The minimum atomic E-state index is -2.87. The molecule has 1 heterocycles. The maximum Gasteiger partial charge on any atom is 0.282 e. The maximum absolute atomic E-state index is 13.0. The zero-order chi connectivity index (χ0) is 10.0. The van der Waals surface area contributed by atoms with Gasteiger partial charge in [0.2, 0.25) is 0 Å². The monoisotopic (exact) mass is 191 g/mol. The van der Waals surface area contributed by atoms with E-state index in [0.29, 0.717) is 0 Å². The number of rotatable bonds is 2. The molecule has 0 aliphatic carbocycles. The molecule has 4 N–H and O–H groups in total. The van der Waals surface area contributed by atoms with Crippen LogP contribution in [0.4, 0.5) is 18.9 Å². The van der Waals surface area contributed by atoms with E-state index >= 15 is 0 Å². The maximum atomic E-state index is 13.0. The molecular formula is C7H8F3N3. The van der Waals surface area contributed by atoms with Crippen LogP contribution in [0.25, 0.3) is 0 Å². The molecule has 0 amide bonds. The lowest BCUT2D eigenvalue weighted by atomic mass is 10.2. The van der Waals surface area contributed by atoms with Crippen molar-refractivity contribution >= 4 is 5.69 Å². The molecule has 0 aliphatic heterocycles. The molecule has 72 valence electrons. The molecule has 1 aromatic heterocycles. The van der Waals surface area contributed by atoms with Crippen LogP contribution in [0.15, 0.2) is 6.20 Å². The van der Waals surface area contributed by atoms with Gasteiger partial charge in [-0.2, -0.15) is 0 Å². The summed E-state index contributed by atoms with van der Waals surface area (Å²) in [6.07, 6.45) is -1.91. The van der Waals surface area contributed by atoms with Crippen molar-refractivity contribution in [2.75, 3.05) is 5.73 Å². The summed E-state index contributed by atoms with van der Waals surface area (Å²) in [5, 5.41) is 0. The minimum Gasteiger partial charge on any atom is -0.395 e. The Morgan fingerprint density at radius 1 is 1.46 bits per heavy atom. The van der Waals surface area contributed by atoms with Gasteiger partial charge in [0, 0.05) is 18.3 Å². The summed E-state index contributed by atoms with van der Waals surface area (Å²) in [6.45, 7) is -0.119. The van der Waals surface area contributed by atoms with Crippen LogP contribution in [0.5, 0.6) is 0 Å². The molecular weight excluding hydrogens is 183 g/mol. The molecule has 0 unspecified atom stereocenters. The van der Waals surface area contributed by atoms with E-state index in [4.69, 9.17) is 11.5 Å². The number of nitrogens with zero attached hydrogens (tertiary/aromatic N) is 1. The molecule has 1 aromatic rings. The Morgan fingerprint density at radius 2 is 2.08 bits per heavy atom. The van der Waals surface area contributed by atoms with Gasteiger partial charge in [0.15, 0.2) is 5.82 Å². The topological polar surface area (TPSA) is 64.9 Å². The van der Waals surface area contributed by atoms with Crippen molar-refractivity contribution in [1.82, 2.24) is 4.98 Å². The highest BCUT2D eigenvalue weighted by molar-refractivity contribution is 5.47. The van der Waals surface area contributed by atoms with Crippen molar-refractivity contribution in [3.63, 3.8) is 0 Å². The average Bonchev–Trinajstić information content (AvgIpc) is 2.09. The van der Waals surface area contributed by atoms with Crippen LogP contribution >= 0.6 is 0 Å². The summed E-state index contributed by atoms with van der Waals surface area (Å²) in [5.74, 6) is -0.909. The third kappa shape index (κ3) is 1.72. The lowest BCUT2D eigenvalue weighted by molar-refractivity contribution is 0.146. The Bertz CT molecular complexity index is 314. The number of aromatic nitrogens is 1. The van der Waals surface area contributed by atoms with E-state index < -0.39 is 23.6 Å². The van der Waals surface area contributed by atoms with Gasteiger partial charge in [-0.1, -0.05) is 0 Å². The summed E-state index contributed by atoms with van der Waals surface area (Å²) in [5.41, 5.74) is 8.87. The zero-order valence-electron chi connectivity index (χ0n) is 6.60. The Morgan fingerprint density at radius 3 is 2.54 bits per heavy atom. The Balaban J connectivity index is 3.23. The largest absolute Gasteiger partial charge is 0.395 e. The van der Waals surface area contributed by atoms with Crippen molar-refractivity contribution in [2.24, 2.45) is 5.73 Å². The van der Waals surface area contributed by atoms with Crippen molar-refractivity contribution in [3.8, 4) is 0 Å². The van der Waals surface area contributed by atoms with Crippen molar-refractivity contribution < 1.29 is 13.2 Å². The second-order valence-corrected chi connectivity index (χ2v) is 2.40. The highest BCUT2D eigenvalue weighted by atomic mass is 19.3. The third-order valence-electron chi connectivity index (χ3n) is 1.58. The molecule has 6 heteroatoms. The van der Waals surface area contributed by atoms with Crippen LogP contribution in [-0.4, -0.2) is 4.98 Å². The first-order valence-electron chi connectivity index (χ1n) is 3.49. The molecule has 3 nitrogen and oxygen atoms in total. The quantitative estimate of drug-likeness (QED) is 0.738. The molecule has 0 radical (unpaired) electrons. The summed E-state index contributed by atoms with van der Waals surface area (Å²) in [4.78, 5) is 3.31. The first-order chi connectivity index (χ1) is 6.07. The van der Waals surface area contributed by atoms with Crippen LogP contribution in [0.1, 0.15) is 17.7 Å². The first kappa shape index (κ1) is 9.79. The van der Waals surface area contributed by atoms with Gasteiger partial charge in [-0.05, 0) is 0 Å². The molecule has 0 saturated heterocycles. The fourth-order valence-corrected chi connectivity index (χ4v) is 0.875. The number of hydrogen-bond acceptors (Lipinski definition) is 3. The van der Waals surface area contributed by atoms with Gasteiger partial charge < -0.3 is 11.5 Å². The number of hydrogen-bond donors (Lipinski definition) is 2. The van der Waals surface area contributed by atoms with E-state index in [2.05, 4.69) is 4.98 Å². The van der Waals surface area contributed by atoms with Gasteiger partial charge in [-0.3, -0.25) is 4.98 Å². The van der Waals surface area contributed by atoms with Gasteiger partial charge in [-0.25, -0.2) is 13.2 Å². The van der Waals surface area contributed by atoms with Gasteiger partial charge >= 0.3 is 0 Å². The fourth-order valence-electron chi connectivity index (χ4n) is 0.875. The highest BCUT2D eigenvalue weighted by Gasteiger charge is 2.18. The standard InChI is InChI=1S/C7H8F3N3/c8-4-3(1-11)2-13-6(5(4)12)7(9)10/h2,7H,1,11-12H2. The van der Waals surface area contributed by atoms with Gasteiger partial charge in [-0.15, -0.1) is 0 Å². The molecule has 0 aromatic carbocycles. The summed E-state index contributed by atoms with van der Waals surface area (Å²) in [7, 11) is 0. The molecule has 0 aliphatic rings. The zero-order valence-corrected chi connectivity index (χ0v) is 6.60. The second kappa shape index (κ2) is 3.61. The molecule has 0 saturated carbocycles. The summed E-state index contributed by atoms with van der Waals surface area (Å²) >= 11 is 0.